The number of nitriles is 1. The van der Waals surface area contributed by atoms with Crippen molar-refractivity contribution in [2.24, 2.45) is 0 Å². The molecule has 5 nitrogen and oxygen atoms in total. The van der Waals surface area contributed by atoms with Crippen molar-refractivity contribution in [3.8, 4) is 11.8 Å². The molecule has 0 bridgehead atoms. The molecule has 1 aromatic carbocycles. The third kappa shape index (κ3) is 3.94. The lowest BCUT2D eigenvalue weighted by molar-refractivity contribution is 0.227. The standard InChI is InChI=1S/C14H18NO4P/c1-4-18-20(16,19-5-2)13(11-15)10-12-8-6-7-9-14(12)17-3/h6-10H,4-5H2,1-3H3/b13-10+. The SMILES string of the molecule is CCOP(=O)(OCC)/C(C#N)=C/c1ccccc1OC. The van der Waals surface area contributed by atoms with Gasteiger partial charge in [0.1, 0.15) is 17.1 Å². The number of methoxy groups -OCH3 is 1. The van der Waals surface area contributed by atoms with Gasteiger partial charge in [-0.25, -0.2) is 0 Å². The van der Waals surface area contributed by atoms with E-state index in [4.69, 9.17) is 13.8 Å². The number of ether oxygens (including phenoxy) is 1. The summed E-state index contributed by atoms with van der Waals surface area (Å²) in [5, 5.41) is 9.21. The van der Waals surface area contributed by atoms with Crippen LogP contribution in [0.4, 0.5) is 0 Å². The minimum atomic E-state index is -3.58. The quantitative estimate of drug-likeness (QED) is 0.565. The normalized spacial score (nSPS) is 12.0. The predicted octanol–water partition coefficient (Wildman–Crippen LogP) is 3.83. The lowest BCUT2D eigenvalue weighted by Crippen LogP contribution is -1.98. The molecule has 0 aliphatic heterocycles. The maximum absolute atomic E-state index is 12.6. The van der Waals surface area contributed by atoms with Crippen LogP contribution in [0.1, 0.15) is 19.4 Å². The molecule has 0 amide bonds. The second kappa shape index (κ2) is 7.86. The molecule has 108 valence electrons. The van der Waals surface area contributed by atoms with E-state index < -0.39 is 7.60 Å². The van der Waals surface area contributed by atoms with Gasteiger partial charge in [0.15, 0.2) is 0 Å². The maximum Gasteiger partial charge on any atom is 0.371 e. The van der Waals surface area contributed by atoms with E-state index in [9.17, 15) is 9.83 Å². The van der Waals surface area contributed by atoms with Gasteiger partial charge in [0, 0.05) is 5.56 Å². The highest BCUT2D eigenvalue weighted by atomic mass is 31.2. The number of benzene rings is 1. The van der Waals surface area contributed by atoms with Gasteiger partial charge in [0.05, 0.1) is 20.3 Å². The van der Waals surface area contributed by atoms with E-state index in [1.54, 1.807) is 32.0 Å². The Labute approximate surface area is 119 Å². The van der Waals surface area contributed by atoms with Crippen LogP contribution in [-0.2, 0) is 13.6 Å². The zero-order valence-electron chi connectivity index (χ0n) is 11.8. The molecule has 0 heterocycles. The average molecular weight is 295 g/mol. The molecule has 0 atom stereocenters. The Hall–Kier alpha value is -1.60. The van der Waals surface area contributed by atoms with E-state index in [0.717, 1.165) is 0 Å². The molecular weight excluding hydrogens is 277 g/mol. The lowest BCUT2D eigenvalue weighted by atomic mass is 10.2. The second-order valence-electron chi connectivity index (χ2n) is 3.72. The molecule has 0 saturated heterocycles. The molecule has 20 heavy (non-hydrogen) atoms. The van der Waals surface area contributed by atoms with Gasteiger partial charge in [-0.05, 0) is 26.0 Å². The summed E-state index contributed by atoms with van der Waals surface area (Å²) in [6.45, 7) is 3.79. The van der Waals surface area contributed by atoms with Crippen LogP contribution in [-0.4, -0.2) is 20.3 Å². The van der Waals surface area contributed by atoms with Gasteiger partial charge in [-0.3, -0.25) is 4.57 Å². The van der Waals surface area contributed by atoms with E-state index in [0.29, 0.717) is 11.3 Å². The van der Waals surface area contributed by atoms with Crippen LogP contribution in [0.15, 0.2) is 29.6 Å². The number of rotatable bonds is 7. The summed E-state index contributed by atoms with van der Waals surface area (Å²) in [5.74, 6) is 0.583. The van der Waals surface area contributed by atoms with Gasteiger partial charge in [-0.1, -0.05) is 18.2 Å². The van der Waals surface area contributed by atoms with Crippen molar-refractivity contribution >= 4 is 13.7 Å². The highest BCUT2D eigenvalue weighted by Crippen LogP contribution is 2.56. The van der Waals surface area contributed by atoms with Crippen molar-refractivity contribution < 1.29 is 18.3 Å². The molecule has 0 N–H and O–H groups in total. The predicted molar refractivity (Wildman–Crippen MR) is 77.4 cm³/mol. The summed E-state index contributed by atoms with van der Waals surface area (Å²) in [7, 11) is -2.05. The first-order valence-corrected chi connectivity index (χ1v) is 7.80. The number of para-hydroxylation sites is 1. The Morgan fingerprint density at radius 1 is 1.30 bits per heavy atom. The molecule has 0 aliphatic carbocycles. The highest BCUT2D eigenvalue weighted by Gasteiger charge is 2.30. The van der Waals surface area contributed by atoms with Crippen LogP contribution in [0, 0.1) is 11.3 Å². The van der Waals surface area contributed by atoms with Gasteiger partial charge in [0.2, 0.25) is 0 Å². The van der Waals surface area contributed by atoms with Crippen LogP contribution in [0.25, 0.3) is 6.08 Å². The molecule has 0 aromatic heterocycles. The fraction of sp³-hybridized carbons (Fsp3) is 0.357. The van der Waals surface area contributed by atoms with Crippen molar-refractivity contribution in [1.29, 1.82) is 5.26 Å². The zero-order chi connectivity index (χ0) is 15.0. The van der Waals surface area contributed by atoms with Crippen molar-refractivity contribution in [3.63, 3.8) is 0 Å². The number of hydrogen-bond donors (Lipinski definition) is 0. The number of allylic oxidation sites excluding steroid dienone is 1. The van der Waals surface area contributed by atoms with Crippen LogP contribution < -0.4 is 4.74 Å². The average Bonchev–Trinajstić information content (AvgIpc) is 2.45. The summed E-state index contributed by atoms with van der Waals surface area (Å²) in [4.78, 5) is 0. The monoisotopic (exact) mass is 295 g/mol. The minimum Gasteiger partial charge on any atom is -0.496 e. The largest absolute Gasteiger partial charge is 0.496 e. The molecular formula is C14H18NO4P. The van der Waals surface area contributed by atoms with Crippen LogP contribution in [0.5, 0.6) is 5.75 Å². The third-order valence-electron chi connectivity index (χ3n) is 2.44. The summed E-state index contributed by atoms with van der Waals surface area (Å²) >= 11 is 0. The molecule has 6 heteroatoms. The Morgan fingerprint density at radius 3 is 2.40 bits per heavy atom. The van der Waals surface area contributed by atoms with Crippen molar-refractivity contribution in [2.45, 2.75) is 13.8 Å². The van der Waals surface area contributed by atoms with E-state index in [-0.39, 0.29) is 18.5 Å². The summed E-state index contributed by atoms with van der Waals surface area (Å²) in [6, 6.07) is 9.04. The molecule has 0 saturated carbocycles. The molecule has 0 spiro atoms. The minimum absolute atomic E-state index is 0.0364. The van der Waals surface area contributed by atoms with Crippen LogP contribution in [0.2, 0.25) is 0 Å². The molecule has 1 aromatic rings. The Morgan fingerprint density at radius 2 is 1.90 bits per heavy atom. The molecule has 0 radical (unpaired) electrons. The lowest BCUT2D eigenvalue weighted by Gasteiger charge is -2.16. The highest BCUT2D eigenvalue weighted by molar-refractivity contribution is 7.59. The summed E-state index contributed by atoms with van der Waals surface area (Å²) in [5.41, 5.74) is 0.645. The third-order valence-corrected chi connectivity index (χ3v) is 4.45. The topological polar surface area (TPSA) is 68.5 Å². The summed E-state index contributed by atoms with van der Waals surface area (Å²) in [6.07, 6.45) is 1.48. The van der Waals surface area contributed by atoms with Gasteiger partial charge in [-0.15, -0.1) is 0 Å². The Bertz CT molecular complexity index is 553. The Kier molecular flexibility index (Phi) is 6.47. The first-order chi connectivity index (χ1) is 9.61. The van der Waals surface area contributed by atoms with E-state index in [1.807, 2.05) is 12.1 Å². The van der Waals surface area contributed by atoms with Crippen molar-refractivity contribution in [2.75, 3.05) is 20.3 Å². The maximum atomic E-state index is 12.6. The van der Waals surface area contributed by atoms with E-state index in [1.165, 1.54) is 13.2 Å². The first-order valence-electron chi connectivity index (χ1n) is 6.25. The van der Waals surface area contributed by atoms with E-state index in [2.05, 4.69) is 0 Å². The van der Waals surface area contributed by atoms with E-state index >= 15 is 0 Å². The number of hydrogen-bond acceptors (Lipinski definition) is 5. The zero-order valence-corrected chi connectivity index (χ0v) is 12.7. The fourth-order valence-electron chi connectivity index (χ4n) is 1.62. The molecule has 1 rings (SSSR count). The van der Waals surface area contributed by atoms with Crippen molar-refractivity contribution in [3.05, 3.63) is 35.1 Å². The smallest absolute Gasteiger partial charge is 0.371 e. The van der Waals surface area contributed by atoms with Gasteiger partial charge < -0.3 is 13.8 Å². The molecule has 0 unspecified atom stereocenters. The van der Waals surface area contributed by atoms with Crippen molar-refractivity contribution in [1.82, 2.24) is 0 Å². The fourth-order valence-corrected chi connectivity index (χ4v) is 3.07. The summed E-state index contributed by atoms with van der Waals surface area (Å²) < 4.78 is 28.1. The molecule has 0 aliphatic rings. The second-order valence-corrected chi connectivity index (χ2v) is 5.71. The van der Waals surface area contributed by atoms with Crippen LogP contribution in [0.3, 0.4) is 0 Å². The number of nitrogens with zero attached hydrogens (tertiary/aromatic N) is 1. The molecule has 0 fully saturated rings. The first kappa shape index (κ1) is 16.5. The van der Waals surface area contributed by atoms with Gasteiger partial charge in [-0.2, -0.15) is 5.26 Å². The van der Waals surface area contributed by atoms with Crippen LogP contribution >= 0.6 is 7.60 Å². The van der Waals surface area contributed by atoms with Gasteiger partial charge in [0.25, 0.3) is 0 Å². The Balaban J connectivity index is 3.26. The van der Waals surface area contributed by atoms with Gasteiger partial charge >= 0.3 is 7.60 Å².